The van der Waals surface area contributed by atoms with Crippen molar-refractivity contribution in [2.75, 3.05) is 6.54 Å². The molecule has 0 aromatic heterocycles. The molecular weight excluding hydrogens is 195 g/mol. The fourth-order valence-electron chi connectivity index (χ4n) is 1.98. The van der Waals surface area contributed by atoms with Crippen molar-refractivity contribution in [3.05, 3.63) is 35.1 Å². The number of hydrogen-bond donors (Lipinski definition) is 2. The van der Waals surface area contributed by atoms with Gasteiger partial charge in [-0.3, -0.25) is 4.79 Å². The van der Waals surface area contributed by atoms with Gasteiger partial charge in [0.15, 0.2) is 0 Å². The second kappa shape index (κ2) is 3.98. The van der Waals surface area contributed by atoms with E-state index in [2.05, 4.69) is 5.32 Å². The lowest BCUT2D eigenvalue weighted by molar-refractivity contribution is -0.117. The van der Waals surface area contributed by atoms with Gasteiger partial charge in [0, 0.05) is 6.04 Å². The van der Waals surface area contributed by atoms with Crippen LogP contribution in [0.15, 0.2) is 18.2 Å². The van der Waals surface area contributed by atoms with Gasteiger partial charge in [-0.25, -0.2) is 4.39 Å². The van der Waals surface area contributed by atoms with Gasteiger partial charge < -0.3 is 11.1 Å². The summed E-state index contributed by atoms with van der Waals surface area (Å²) in [6, 6.07) is 5.03. The lowest BCUT2D eigenvalue weighted by Crippen LogP contribution is -2.36. The molecule has 1 amide bonds. The fraction of sp³-hybridized carbons (Fsp3) is 0.364. The molecule has 0 radical (unpaired) electrons. The van der Waals surface area contributed by atoms with Crippen molar-refractivity contribution in [3.63, 3.8) is 0 Å². The lowest BCUT2D eigenvalue weighted by atomic mass is 10.1. The maximum absolute atomic E-state index is 12.9. The van der Waals surface area contributed by atoms with Gasteiger partial charge in [0.1, 0.15) is 5.82 Å². The predicted molar refractivity (Wildman–Crippen MR) is 54.8 cm³/mol. The van der Waals surface area contributed by atoms with Crippen LogP contribution in [0.2, 0.25) is 0 Å². The molecule has 4 heteroatoms. The zero-order valence-corrected chi connectivity index (χ0v) is 8.29. The number of carbonyl (C=O) groups excluding carboxylic acids is 1. The first-order valence-electron chi connectivity index (χ1n) is 4.94. The van der Waals surface area contributed by atoms with Crippen LogP contribution < -0.4 is 11.1 Å². The number of halogens is 1. The van der Waals surface area contributed by atoms with E-state index in [4.69, 9.17) is 5.73 Å². The maximum atomic E-state index is 12.9. The summed E-state index contributed by atoms with van der Waals surface area (Å²) in [4.78, 5) is 10.6. The van der Waals surface area contributed by atoms with Crippen LogP contribution in [-0.2, 0) is 17.6 Å². The van der Waals surface area contributed by atoms with E-state index in [9.17, 15) is 9.18 Å². The number of fused-ring (bicyclic) bond motifs is 1. The van der Waals surface area contributed by atoms with Crippen LogP contribution in [0, 0.1) is 5.82 Å². The molecule has 3 nitrogen and oxygen atoms in total. The number of carbonyl (C=O) groups is 1. The smallest absolute Gasteiger partial charge is 0.231 e. The van der Waals surface area contributed by atoms with E-state index in [-0.39, 0.29) is 24.3 Å². The predicted octanol–water partition coefficient (Wildman–Crippen LogP) is 0.368. The molecule has 1 aliphatic carbocycles. The van der Waals surface area contributed by atoms with Gasteiger partial charge >= 0.3 is 0 Å². The molecule has 2 rings (SSSR count). The minimum absolute atomic E-state index is 0.182. The fourth-order valence-corrected chi connectivity index (χ4v) is 1.98. The Kier molecular flexibility index (Phi) is 2.68. The third-order valence-corrected chi connectivity index (χ3v) is 2.67. The van der Waals surface area contributed by atoms with Gasteiger partial charge in [0.25, 0.3) is 0 Å². The quantitative estimate of drug-likeness (QED) is 0.754. The SMILES string of the molecule is NC(=O)CNC1Cc2ccc(F)cc2C1. The summed E-state index contributed by atoms with van der Waals surface area (Å²) in [5, 5.41) is 3.05. The monoisotopic (exact) mass is 208 g/mol. The average molecular weight is 208 g/mol. The highest BCUT2D eigenvalue weighted by molar-refractivity contribution is 5.75. The molecule has 1 aliphatic rings. The Morgan fingerprint density at radius 3 is 2.93 bits per heavy atom. The normalized spacial score (nSPS) is 18.9. The number of rotatable bonds is 3. The minimum atomic E-state index is -0.364. The van der Waals surface area contributed by atoms with Gasteiger partial charge in [-0.1, -0.05) is 6.07 Å². The van der Waals surface area contributed by atoms with Gasteiger partial charge in [-0.2, -0.15) is 0 Å². The molecule has 1 aromatic carbocycles. The van der Waals surface area contributed by atoms with Crippen LogP contribution in [-0.4, -0.2) is 18.5 Å². The molecule has 1 aromatic rings. The highest BCUT2D eigenvalue weighted by Gasteiger charge is 2.21. The van der Waals surface area contributed by atoms with Crippen LogP contribution in [0.4, 0.5) is 4.39 Å². The summed E-state index contributed by atoms with van der Waals surface area (Å²) in [5.74, 6) is -0.568. The van der Waals surface area contributed by atoms with Crippen molar-refractivity contribution in [3.8, 4) is 0 Å². The maximum Gasteiger partial charge on any atom is 0.231 e. The van der Waals surface area contributed by atoms with E-state index in [1.54, 1.807) is 12.1 Å². The Hall–Kier alpha value is -1.42. The van der Waals surface area contributed by atoms with E-state index in [0.717, 1.165) is 24.0 Å². The Morgan fingerprint density at radius 2 is 2.20 bits per heavy atom. The zero-order valence-electron chi connectivity index (χ0n) is 8.29. The molecule has 0 saturated carbocycles. The Morgan fingerprint density at radius 1 is 1.47 bits per heavy atom. The highest BCUT2D eigenvalue weighted by Crippen LogP contribution is 2.22. The number of nitrogens with one attached hydrogen (secondary N) is 1. The van der Waals surface area contributed by atoms with Gasteiger partial charge in [0.2, 0.25) is 5.91 Å². The van der Waals surface area contributed by atoms with Crippen LogP contribution in [0.5, 0.6) is 0 Å². The second-order valence-electron chi connectivity index (χ2n) is 3.87. The molecule has 1 atom stereocenters. The van der Waals surface area contributed by atoms with Crippen molar-refractivity contribution < 1.29 is 9.18 Å². The summed E-state index contributed by atoms with van der Waals surface area (Å²) >= 11 is 0. The Labute approximate surface area is 87.5 Å². The number of hydrogen-bond acceptors (Lipinski definition) is 2. The van der Waals surface area contributed by atoms with Crippen molar-refractivity contribution in [2.45, 2.75) is 18.9 Å². The number of primary amides is 1. The van der Waals surface area contributed by atoms with E-state index in [1.165, 1.54) is 6.07 Å². The van der Waals surface area contributed by atoms with Crippen LogP contribution in [0.25, 0.3) is 0 Å². The standard InChI is InChI=1S/C11H13FN2O/c12-9-2-1-7-4-10(5-8(7)3-9)14-6-11(13)15/h1-3,10,14H,4-6H2,(H2,13,15). The molecule has 3 N–H and O–H groups in total. The number of benzene rings is 1. The number of nitrogens with two attached hydrogens (primary N) is 1. The first-order chi connectivity index (χ1) is 7.15. The molecule has 0 spiro atoms. The first-order valence-corrected chi connectivity index (χ1v) is 4.94. The molecule has 0 aliphatic heterocycles. The average Bonchev–Trinajstić information content (AvgIpc) is 2.56. The topological polar surface area (TPSA) is 55.1 Å². The Bertz CT molecular complexity index is 392. The van der Waals surface area contributed by atoms with Crippen molar-refractivity contribution in [1.29, 1.82) is 0 Å². The summed E-state index contributed by atoms with van der Waals surface area (Å²) in [6.45, 7) is 0.182. The summed E-state index contributed by atoms with van der Waals surface area (Å²) in [6.07, 6.45) is 1.60. The largest absolute Gasteiger partial charge is 0.369 e. The minimum Gasteiger partial charge on any atom is -0.369 e. The molecule has 0 bridgehead atoms. The lowest BCUT2D eigenvalue weighted by Gasteiger charge is -2.09. The summed E-state index contributed by atoms with van der Waals surface area (Å²) in [7, 11) is 0. The molecule has 1 unspecified atom stereocenters. The molecule has 0 heterocycles. The number of amides is 1. The Balaban J connectivity index is 2.00. The molecule has 0 saturated heterocycles. The summed E-state index contributed by atoms with van der Waals surface area (Å²) < 4.78 is 12.9. The van der Waals surface area contributed by atoms with Gasteiger partial charge in [-0.15, -0.1) is 0 Å². The second-order valence-corrected chi connectivity index (χ2v) is 3.87. The third-order valence-electron chi connectivity index (χ3n) is 2.67. The van der Waals surface area contributed by atoms with Crippen LogP contribution >= 0.6 is 0 Å². The summed E-state index contributed by atoms with van der Waals surface area (Å²) in [5.41, 5.74) is 7.21. The highest BCUT2D eigenvalue weighted by atomic mass is 19.1. The zero-order chi connectivity index (χ0) is 10.8. The van der Waals surface area contributed by atoms with Crippen molar-refractivity contribution in [2.24, 2.45) is 5.73 Å². The van der Waals surface area contributed by atoms with E-state index in [0.29, 0.717) is 0 Å². The van der Waals surface area contributed by atoms with Gasteiger partial charge in [0.05, 0.1) is 6.54 Å². The molecular formula is C11H13FN2O. The van der Waals surface area contributed by atoms with Crippen LogP contribution in [0.3, 0.4) is 0 Å². The van der Waals surface area contributed by atoms with Crippen molar-refractivity contribution >= 4 is 5.91 Å². The molecule has 15 heavy (non-hydrogen) atoms. The van der Waals surface area contributed by atoms with Gasteiger partial charge in [-0.05, 0) is 36.1 Å². The molecule has 80 valence electrons. The van der Waals surface area contributed by atoms with Crippen LogP contribution in [0.1, 0.15) is 11.1 Å². The molecule has 0 fully saturated rings. The van der Waals surface area contributed by atoms with Crippen molar-refractivity contribution in [1.82, 2.24) is 5.32 Å². The van der Waals surface area contributed by atoms with E-state index >= 15 is 0 Å². The third kappa shape index (κ3) is 2.33. The van der Waals surface area contributed by atoms with E-state index < -0.39 is 0 Å². The first kappa shape index (κ1) is 10.1. The van der Waals surface area contributed by atoms with E-state index in [1.807, 2.05) is 0 Å².